The SMILES string of the molecule is CON=C(C(=O)NC1C(=O)N2C(C(=O)O)=C(C[n+]3ccc(C)c4sccc43)CS[C@@H]12)c1csc(N)n1. The molecule has 0 spiro atoms. The minimum atomic E-state index is -1.18. The number of hydrogen-bond donors (Lipinski definition) is 3. The Balaban J connectivity index is 1.38. The van der Waals surface area contributed by atoms with E-state index in [1.165, 1.54) is 23.8 Å². The Labute approximate surface area is 217 Å². The molecule has 5 heterocycles. The molecule has 4 N–H and O–H groups in total. The van der Waals surface area contributed by atoms with Crippen LogP contribution in [0.4, 0.5) is 5.13 Å². The van der Waals surface area contributed by atoms with Gasteiger partial charge in [0.1, 0.15) is 34.6 Å². The second-order valence-electron chi connectivity index (χ2n) is 8.07. The number of anilines is 1. The molecule has 5 rings (SSSR count). The third-order valence-electron chi connectivity index (χ3n) is 5.88. The van der Waals surface area contributed by atoms with Gasteiger partial charge in [0.2, 0.25) is 5.52 Å². The number of aryl methyl sites for hydroxylation is 1. The van der Waals surface area contributed by atoms with Crippen molar-refractivity contribution in [1.29, 1.82) is 0 Å². The van der Waals surface area contributed by atoms with Crippen LogP contribution >= 0.6 is 34.4 Å². The van der Waals surface area contributed by atoms with Gasteiger partial charge >= 0.3 is 5.97 Å². The van der Waals surface area contributed by atoms with Gasteiger partial charge in [0.05, 0.1) is 0 Å². The van der Waals surface area contributed by atoms with Gasteiger partial charge in [0, 0.05) is 28.8 Å². The van der Waals surface area contributed by atoms with Crippen LogP contribution in [0.1, 0.15) is 11.3 Å². The number of pyridine rings is 1. The molecule has 186 valence electrons. The number of nitrogen functional groups attached to an aromatic ring is 1. The van der Waals surface area contributed by atoms with E-state index in [1.807, 2.05) is 35.2 Å². The molecule has 36 heavy (non-hydrogen) atoms. The summed E-state index contributed by atoms with van der Waals surface area (Å²) in [6, 6.07) is 3.09. The summed E-state index contributed by atoms with van der Waals surface area (Å²) in [5, 5.41) is 19.7. The van der Waals surface area contributed by atoms with Crippen molar-refractivity contribution in [3.8, 4) is 0 Å². The molecule has 0 radical (unpaired) electrons. The number of nitrogens with one attached hydrogen (secondary N) is 1. The predicted octanol–water partition coefficient (Wildman–Crippen LogP) is 1.33. The molecule has 1 unspecified atom stereocenters. The van der Waals surface area contributed by atoms with Crippen LogP contribution in [0.3, 0.4) is 0 Å². The number of aliphatic carboxylic acids is 1. The first-order chi connectivity index (χ1) is 17.3. The number of oxime groups is 1. The topological polar surface area (TPSA) is 151 Å². The summed E-state index contributed by atoms with van der Waals surface area (Å²) in [4.78, 5) is 48.3. The van der Waals surface area contributed by atoms with Gasteiger partial charge in [0.15, 0.2) is 23.6 Å². The van der Waals surface area contributed by atoms with Gasteiger partial charge in [-0.25, -0.2) is 9.78 Å². The summed E-state index contributed by atoms with van der Waals surface area (Å²) in [6.45, 7) is 2.37. The lowest BCUT2D eigenvalue weighted by atomic mass is 10.0. The third-order valence-corrected chi connectivity index (χ3v) is 8.93. The van der Waals surface area contributed by atoms with Crippen molar-refractivity contribution >= 4 is 73.3 Å². The van der Waals surface area contributed by atoms with Crippen LogP contribution in [0.5, 0.6) is 0 Å². The van der Waals surface area contributed by atoms with Gasteiger partial charge in [-0.1, -0.05) is 5.16 Å². The highest BCUT2D eigenvalue weighted by Gasteiger charge is 2.54. The normalized spacial score (nSPS) is 19.8. The minimum Gasteiger partial charge on any atom is -0.477 e. The molecule has 1 fully saturated rings. The molecule has 2 atom stereocenters. The summed E-state index contributed by atoms with van der Waals surface area (Å²) < 4.78 is 3.13. The lowest BCUT2D eigenvalue weighted by Crippen LogP contribution is -2.71. The Hall–Kier alpha value is -3.49. The van der Waals surface area contributed by atoms with Crippen molar-refractivity contribution in [2.24, 2.45) is 5.16 Å². The Bertz CT molecular complexity index is 1460. The second kappa shape index (κ2) is 9.52. The first kappa shape index (κ1) is 24.2. The van der Waals surface area contributed by atoms with E-state index in [4.69, 9.17) is 10.6 Å². The molecule has 2 aliphatic heterocycles. The second-order valence-corrected chi connectivity index (χ2v) is 11.0. The number of thiazole rings is 1. The summed E-state index contributed by atoms with van der Waals surface area (Å²) in [7, 11) is 1.29. The number of hydrogen-bond acceptors (Lipinski definition) is 10. The van der Waals surface area contributed by atoms with E-state index in [1.54, 1.807) is 16.7 Å². The van der Waals surface area contributed by atoms with Gasteiger partial charge < -0.3 is 21.0 Å². The van der Waals surface area contributed by atoms with E-state index in [0.29, 0.717) is 17.9 Å². The molecule has 14 heteroatoms. The molecule has 11 nitrogen and oxygen atoms in total. The van der Waals surface area contributed by atoms with Crippen molar-refractivity contribution in [2.75, 3.05) is 18.6 Å². The van der Waals surface area contributed by atoms with Crippen LogP contribution in [0.15, 0.2) is 45.5 Å². The van der Waals surface area contributed by atoms with Crippen molar-refractivity contribution in [2.45, 2.75) is 24.9 Å². The lowest BCUT2D eigenvalue weighted by molar-refractivity contribution is -0.663. The number of rotatable bonds is 7. The maximum absolute atomic E-state index is 13.1. The average molecular weight is 546 g/mol. The molecule has 3 aromatic heterocycles. The number of aromatic nitrogens is 2. The molecule has 0 aromatic carbocycles. The Morgan fingerprint density at radius 2 is 2.19 bits per heavy atom. The Morgan fingerprint density at radius 1 is 1.39 bits per heavy atom. The van der Waals surface area contributed by atoms with Crippen molar-refractivity contribution in [3.63, 3.8) is 0 Å². The molecule has 0 saturated carbocycles. The zero-order valence-electron chi connectivity index (χ0n) is 19.1. The number of carbonyl (C=O) groups is 3. The minimum absolute atomic E-state index is 0.0382. The number of nitrogens with zero attached hydrogens (tertiary/aromatic N) is 4. The maximum Gasteiger partial charge on any atom is 0.352 e. The summed E-state index contributed by atoms with van der Waals surface area (Å²) in [6.07, 6.45) is 1.93. The first-order valence-corrected chi connectivity index (χ1v) is 13.5. The Morgan fingerprint density at radius 3 is 2.89 bits per heavy atom. The fourth-order valence-electron chi connectivity index (χ4n) is 4.23. The highest BCUT2D eigenvalue weighted by molar-refractivity contribution is 8.00. The highest BCUT2D eigenvalue weighted by Crippen LogP contribution is 2.40. The van der Waals surface area contributed by atoms with E-state index in [0.717, 1.165) is 27.1 Å². The smallest absolute Gasteiger partial charge is 0.352 e. The number of amides is 2. The number of fused-ring (bicyclic) bond motifs is 2. The Kier molecular flexibility index (Phi) is 6.40. The van der Waals surface area contributed by atoms with Crippen LogP contribution < -0.4 is 15.6 Å². The third kappa shape index (κ3) is 4.10. The monoisotopic (exact) mass is 545 g/mol. The average Bonchev–Trinajstić information content (AvgIpc) is 3.52. The molecule has 2 aliphatic rings. The van der Waals surface area contributed by atoms with E-state index in [-0.39, 0.29) is 22.2 Å². The van der Waals surface area contributed by atoms with E-state index in [9.17, 15) is 19.5 Å². The van der Waals surface area contributed by atoms with Crippen LogP contribution in [-0.4, -0.2) is 62.8 Å². The van der Waals surface area contributed by atoms with Crippen molar-refractivity contribution in [1.82, 2.24) is 15.2 Å². The van der Waals surface area contributed by atoms with Crippen molar-refractivity contribution in [3.05, 3.63) is 51.6 Å². The number of carboxylic acid groups (broad SMARTS) is 1. The number of nitrogens with two attached hydrogens (primary N) is 1. The summed E-state index contributed by atoms with van der Waals surface area (Å²) in [5.41, 5.74) is 8.51. The van der Waals surface area contributed by atoms with Gasteiger partial charge in [-0.15, -0.1) is 34.4 Å². The van der Waals surface area contributed by atoms with E-state index < -0.39 is 29.2 Å². The number of carbonyl (C=O) groups excluding carboxylic acids is 2. The fraction of sp³-hybridized carbons (Fsp3) is 0.273. The van der Waals surface area contributed by atoms with E-state index >= 15 is 0 Å². The number of thiophene rings is 1. The number of β-lactam (4-membered cyclic amide) rings is 1. The quantitative estimate of drug-likeness (QED) is 0.174. The molecule has 0 aliphatic carbocycles. The standard InChI is InChI=1S/C22H20N6O5S3/c1-10-3-5-27(13-4-6-34-17(10)13)7-11-8-35-20-15(19(30)28(20)16(11)21(31)32)25-18(29)14(26-33-2)12-9-36-22(23)24-12/h3-6,9,15,20H,7-8H2,1-2H3,(H3-,23,24,25,29,31,32)/p+1/t15?,20-/m0/s1. The summed E-state index contributed by atoms with van der Waals surface area (Å²) in [5.74, 6) is -1.94. The fourth-order valence-corrected chi connectivity index (χ4v) is 7.01. The van der Waals surface area contributed by atoms with Crippen LogP contribution in [0, 0.1) is 6.92 Å². The van der Waals surface area contributed by atoms with Gasteiger partial charge in [-0.2, -0.15) is 4.57 Å². The zero-order valence-corrected chi connectivity index (χ0v) is 21.6. The van der Waals surface area contributed by atoms with Gasteiger partial charge in [-0.3, -0.25) is 14.5 Å². The molecular weight excluding hydrogens is 524 g/mol. The first-order valence-electron chi connectivity index (χ1n) is 10.7. The van der Waals surface area contributed by atoms with Gasteiger partial charge in [-0.05, 0) is 17.9 Å². The van der Waals surface area contributed by atoms with Gasteiger partial charge in [0.25, 0.3) is 11.8 Å². The molecule has 1 saturated heterocycles. The predicted molar refractivity (Wildman–Crippen MR) is 137 cm³/mol. The molecule has 0 bridgehead atoms. The maximum atomic E-state index is 13.1. The zero-order chi connectivity index (χ0) is 25.6. The highest BCUT2D eigenvalue weighted by atomic mass is 32.2. The van der Waals surface area contributed by atoms with Crippen molar-refractivity contribution < 1.29 is 28.9 Å². The molecule has 2 amide bonds. The largest absolute Gasteiger partial charge is 0.477 e. The van der Waals surface area contributed by atoms with Crippen LogP contribution in [-0.2, 0) is 25.8 Å². The molecular formula is C22H21N6O5S3+. The molecule has 3 aromatic rings. The lowest BCUT2D eigenvalue weighted by Gasteiger charge is -2.49. The van der Waals surface area contributed by atoms with Crippen LogP contribution in [0.25, 0.3) is 10.2 Å². The number of thioether (sulfide) groups is 1. The van der Waals surface area contributed by atoms with Crippen LogP contribution in [0.2, 0.25) is 0 Å². The summed E-state index contributed by atoms with van der Waals surface area (Å²) >= 11 is 4.17. The van der Waals surface area contributed by atoms with E-state index in [2.05, 4.69) is 15.5 Å². The number of carboxylic acids is 1.